The van der Waals surface area contributed by atoms with Crippen LogP contribution in [0.25, 0.3) is 0 Å². The van der Waals surface area contributed by atoms with E-state index in [2.05, 4.69) is 0 Å². The largest absolute Gasteiger partial charge is 0.418 e. The Morgan fingerprint density at radius 1 is 1.43 bits per heavy atom. The van der Waals surface area contributed by atoms with Gasteiger partial charge in [-0.05, 0) is 38.0 Å². The molecule has 1 aliphatic heterocycles. The van der Waals surface area contributed by atoms with Crippen molar-refractivity contribution in [1.82, 2.24) is 0 Å². The smallest absolute Gasteiger partial charge is 0.393 e. The van der Waals surface area contributed by atoms with Crippen LogP contribution in [0.4, 0.5) is 18.9 Å². The molecule has 0 radical (unpaired) electrons. The Morgan fingerprint density at radius 2 is 2.14 bits per heavy atom. The molecule has 1 heterocycles. The molecule has 0 spiro atoms. The highest BCUT2D eigenvalue weighted by molar-refractivity contribution is 5.58. The lowest BCUT2D eigenvalue weighted by Gasteiger charge is -2.37. The molecule has 0 saturated carbocycles. The Hall–Kier alpha value is -1.74. The summed E-state index contributed by atoms with van der Waals surface area (Å²) >= 11 is 0. The minimum absolute atomic E-state index is 0.00448. The first-order chi connectivity index (χ1) is 9.82. The molecule has 1 saturated heterocycles. The summed E-state index contributed by atoms with van der Waals surface area (Å²) in [4.78, 5) is 1.66. The number of halogens is 3. The van der Waals surface area contributed by atoms with Gasteiger partial charge in [-0.1, -0.05) is 0 Å². The van der Waals surface area contributed by atoms with Crippen LogP contribution in [-0.2, 0) is 6.18 Å². The van der Waals surface area contributed by atoms with Gasteiger partial charge in [0.15, 0.2) is 0 Å². The molecular formula is C15H17F3N2O. The van der Waals surface area contributed by atoms with Crippen LogP contribution >= 0.6 is 0 Å². The fraction of sp³-hybridized carbons (Fsp3) is 0.533. The van der Waals surface area contributed by atoms with Crippen molar-refractivity contribution in [3.05, 3.63) is 29.3 Å². The van der Waals surface area contributed by atoms with E-state index in [4.69, 9.17) is 5.26 Å². The van der Waals surface area contributed by atoms with Crippen molar-refractivity contribution in [3.63, 3.8) is 0 Å². The predicted molar refractivity (Wildman–Crippen MR) is 72.8 cm³/mol. The number of hydrogen-bond acceptors (Lipinski definition) is 3. The lowest BCUT2D eigenvalue weighted by molar-refractivity contribution is -0.137. The first kappa shape index (κ1) is 15.6. The maximum Gasteiger partial charge on any atom is 0.418 e. The minimum Gasteiger partial charge on any atom is -0.393 e. The van der Waals surface area contributed by atoms with Gasteiger partial charge >= 0.3 is 6.18 Å². The number of aliphatic hydroxyl groups excluding tert-OH is 1. The summed E-state index contributed by atoms with van der Waals surface area (Å²) < 4.78 is 39.6. The van der Waals surface area contributed by atoms with Crippen molar-refractivity contribution in [2.24, 2.45) is 5.92 Å². The van der Waals surface area contributed by atoms with Crippen LogP contribution in [0.5, 0.6) is 0 Å². The second kappa shape index (κ2) is 5.94. The molecule has 114 valence electrons. The van der Waals surface area contributed by atoms with Crippen LogP contribution in [0.2, 0.25) is 0 Å². The molecule has 1 aromatic carbocycles. The predicted octanol–water partition coefficient (Wildman–Crippen LogP) is 3.17. The molecule has 21 heavy (non-hydrogen) atoms. The van der Waals surface area contributed by atoms with Crippen molar-refractivity contribution in [1.29, 1.82) is 5.26 Å². The molecule has 0 aromatic heterocycles. The summed E-state index contributed by atoms with van der Waals surface area (Å²) in [5.41, 5.74) is -0.699. The highest BCUT2D eigenvalue weighted by Crippen LogP contribution is 2.38. The van der Waals surface area contributed by atoms with Gasteiger partial charge in [-0.3, -0.25) is 0 Å². The fourth-order valence-electron chi connectivity index (χ4n) is 2.73. The number of nitrogens with zero attached hydrogens (tertiary/aromatic N) is 2. The maximum atomic E-state index is 13.2. The van der Waals surface area contributed by atoms with Crippen molar-refractivity contribution >= 4 is 5.69 Å². The standard InChI is InChI=1S/C15H17F3N2O/c1-10(21)12-3-2-6-20(9-12)14-5-4-11(8-19)7-13(14)15(16,17)18/h4-5,7,10,12,21H,2-3,6,9H2,1H3. The van der Waals surface area contributed by atoms with Gasteiger partial charge in [-0.2, -0.15) is 18.4 Å². The normalized spacial score (nSPS) is 21.0. The van der Waals surface area contributed by atoms with Crippen molar-refractivity contribution < 1.29 is 18.3 Å². The van der Waals surface area contributed by atoms with Gasteiger partial charge in [-0.15, -0.1) is 0 Å². The van der Waals surface area contributed by atoms with E-state index >= 15 is 0 Å². The van der Waals surface area contributed by atoms with Crippen LogP contribution in [-0.4, -0.2) is 24.3 Å². The van der Waals surface area contributed by atoms with E-state index in [1.807, 2.05) is 0 Å². The molecule has 3 nitrogen and oxygen atoms in total. The third kappa shape index (κ3) is 3.48. The van der Waals surface area contributed by atoms with Gasteiger partial charge in [-0.25, -0.2) is 0 Å². The SMILES string of the molecule is CC(O)C1CCCN(c2ccc(C#N)cc2C(F)(F)F)C1. The molecule has 1 N–H and O–H groups in total. The van der Waals surface area contributed by atoms with Gasteiger partial charge in [0, 0.05) is 24.7 Å². The molecular weight excluding hydrogens is 281 g/mol. The number of benzene rings is 1. The third-order valence-corrected chi connectivity index (χ3v) is 3.91. The number of aliphatic hydroxyl groups is 1. The number of hydrogen-bond donors (Lipinski definition) is 1. The quantitative estimate of drug-likeness (QED) is 0.912. The Bertz CT molecular complexity index is 549. The lowest BCUT2D eigenvalue weighted by atomic mass is 9.92. The van der Waals surface area contributed by atoms with Gasteiger partial charge in [0.05, 0.1) is 23.3 Å². The van der Waals surface area contributed by atoms with E-state index in [-0.39, 0.29) is 17.2 Å². The third-order valence-electron chi connectivity index (χ3n) is 3.91. The highest BCUT2D eigenvalue weighted by Gasteiger charge is 2.36. The lowest BCUT2D eigenvalue weighted by Crippen LogP contribution is -2.40. The summed E-state index contributed by atoms with van der Waals surface area (Å²) in [6.07, 6.45) is -3.49. The second-order valence-corrected chi connectivity index (χ2v) is 5.43. The van der Waals surface area contributed by atoms with E-state index in [1.165, 1.54) is 12.1 Å². The monoisotopic (exact) mass is 298 g/mol. The second-order valence-electron chi connectivity index (χ2n) is 5.43. The van der Waals surface area contributed by atoms with E-state index in [1.54, 1.807) is 17.9 Å². The van der Waals surface area contributed by atoms with E-state index in [9.17, 15) is 18.3 Å². The van der Waals surface area contributed by atoms with Crippen LogP contribution in [0.15, 0.2) is 18.2 Å². The number of rotatable bonds is 2. The molecule has 0 bridgehead atoms. The summed E-state index contributed by atoms with van der Waals surface area (Å²) in [7, 11) is 0. The molecule has 2 atom stereocenters. The van der Waals surface area contributed by atoms with Crippen molar-refractivity contribution in [3.8, 4) is 6.07 Å². The summed E-state index contributed by atoms with van der Waals surface area (Å²) in [5.74, 6) is -0.0320. The van der Waals surface area contributed by atoms with Crippen LogP contribution in [0.1, 0.15) is 30.9 Å². The van der Waals surface area contributed by atoms with Crippen LogP contribution in [0, 0.1) is 17.2 Å². The summed E-state index contributed by atoms with van der Waals surface area (Å²) in [6, 6.07) is 5.38. The number of nitriles is 1. The first-order valence-electron chi connectivity index (χ1n) is 6.87. The van der Waals surface area contributed by atoms with E-state index < -0.39 is 17.8 Å². The Morgan fingerprint density at radius 3 is 2.71 bits per heavy atom. The van der Waals surface area contributed by atoms with Crippen LogP contribution < -0.4 is 4.90 Å². The molecule has 2 rings (SSSR count). The van der Waals surface area contributed by atoms with Gasteiger partial charge < -0.3 is 10.0 Å². The number of alkyl halides is 3. The van der Waals surface area contributed by atoms with E-state index in [0.29, 0.717) is 13.1 Å². The first-order valence-corrected chi connectivity index (χ1v) is 6.87. The zero-order valence-corrected chi connectivity index (χ0v) is 11.7. The topological polar surface area (TPSA) is 47.3 Å². The van der Waals surface area contributed by atoms with Crippen LogP contribution in [0.3, 0.4) is 0 Å². The highest BCUT2D eigenvalue weighted by atomic mass is 19.4. The number of anilines is 1. The Labute approximate surface area is 121 Å². The zero-order valence-electron chi connectivity index (χ0n) is 11.7. The molecule has 0 aliphatic carbocycles. The summed E-state index contributed by atoms with van der Waals surface area (Å²) in [5, 5.41) is 18.4. The molecule has 6 heteroatoms. The molecule has 0 amide bonds. The van der Waals surface area contributed by atoms with Crippen molar-refractivity contribution in [2.45, 2.75) is 32.0 Å². The average molecular weight is 298 g/mol. The summed E-state index contributed by atoms with van der Waals surface area (Å²) in [6.45, 7) is 2.59. The average Bonchev–Trinajstić information content (AvgIpc) is 2.45. The zero-order chi connectivity index (χ0) is 15.6. The fourth-order valence-corrected chi connectivity index (χ4v) is 2.73. The maximum absolute atomic E-state index is 13.2. The van der Waals surface area contributed by atoms with E-state index in [0.717, 1.165) is 18.9 Å². The Balaban J connectivity index is 2.37. The molecule has 1 fully saturated rings. The molecule has 2 unspecified atom stereocenters. The minimum atomic E-state index is -4.50. The Kier molecular flexibility index (Phi) is 4.43. The number of piperidine rings is 1. The van der Waals surface area contributed by atoms with Gasteiger partial charge in [0.1, 0.15) is 0 Å². The molecule has 1 aliphatic rings. The van der Waals surface area contributed by atoms with Crippen molar-refractivity contribution in [2.75, 3.05) is 18.0 Å². The van der Waals surface area contributed by atoms with Gasteiger partial charge in [0.25, 0.3) is 0 Å². The molecule has 1 aromatic rings. The van der Waals surface area contributed by atoms with Gasteiger partial charge in [0.2, 0.25) is 0 Å².